The molecule has 0 amide bonds. The zero-order valence-electron chi connectivity index (χ0n) is 28.6. The number of hydrogen-bond donors (Lipinski definition) is 0. The van der Waals surface area contributed by atoms with Gasteiger partial charge < -0.3 is 4.57 Å². The van der Waals surface area contributed by atoms with Crippen LogP contribution in [0.3, 0.4) is 0 Å². The van der Waals surface area contributed by atoms with E-state index < -0.39 is 0 Å². The van der Waals surface area contributed by atoms with Crippen LogP contribution in [-0.2, 0) is 0 Å². The minimum atomic E-state index is 0.597. The predicted molar refractivity (Wildman–Crippen MR) is 220 cm³/mol. The van der Waals surface area contributed by atoms with Crippen LogP contribution in [0.1, 0.15) is 0 Å². The van der Waals surface area contributed by atoms with Gasteiger partial charge in [0.25, 0.3) is 0 Å². The molecule has 252 valence electrons. The zero-order valence-corrected chi connectivity index (χ0v) is 29.4. The molecule has 11 rings (SSSR count). The van der Waals surface area contributed by atoms with Crippen LogP contribution in [0.2, 0.25) is 0 Å². The molecule has 0 atom stereocenters. The van der Waals surface area contributed by atoms with Gasteiger partial charge in [-0.3, -0.25) is 0 Å². The monoisotopic (exact) mass is 709 g/mol. The lowest BCUT2D eigenvalue weighted by atomic mass is 9.98. The highest BCUT2D eigenvalue weighted by molar-refractivity contribution is 7.00. The highest BCUT2D eigenvalue weighted by atomic mass is 32.1. The van der Waals surface area contributed by atoms with Gasteiger partial charge in [-0.05, 0) is 42.5 Å². The second-order valence-corrected chi connectivity index (χ2v) is 13.8. The van der Waals surface area contributed by atoms with Gasteiger partial charge in [0.05, 0.1) is 34.0 Å². The summed E-state index contributed by atoms with van der Waals surface area (Å²) in [6, 6.07) is 56.3. The molecule has 0 aliphatic rings. The number of fused-ring (bicyclic) bond motifs is 8. The van der Waals surface area contributed by atoms with Crippen molar-refractivity contribution in [2.45, 2.75) is 0 Å². The number of pyridine rings is 1. The molecule has 7 nitrogen and oxygen atoms in total. The summed E-state index contributed by atoms with van der Waals surface area (Å²) < 4.78 is 11.5. The molecule has 0 fully saturated rings. The van der Waals surface area contributed by atoms with Gasteiger partial charge in [-0.1, -0.05) is 121 Å². The van der Waals surface area contributed by atoms with Crippen LogP contribution < -0.4 is 0 Å². The minimum Gasteiger partial charge on any atom is -0.309 e. The molecule has 4 heterocycles. The molecule has 4 aromatic heterocycles. The Labute approximate surface area is 313 Å². The Hall–Kier alpha value is -7.16. The number of aromatic nitrogens is 7. The number of nitrogens with zero attached hydrogens (tertiary/aromatic N) is 7. The molecular formula is C46H27N7S. The van der Waals surface area contributed by atoms with E-state index in [1.54, 1.807) is 0 Å². The summed E-state index contributed by atoms with van der Waals surface area (Å²) in [6.07, 6.45) is 0. The fourth-order valence-corrected chi connectivity index (χ4v) is 8.16. The van der Waals surface area contributed by atoms with Crippen molar-refractivity contribution in [1.82, 2.24) is 33.3 Å². The third-order valence-corrected chi connectivity index (χ3v) is 10.7. The average molecular weight is 710 g/mol. The Balaban J connectivity index is 1.05. The highest BCUT2D eigenvalue weighted by Crippen LogP contribution is 2.38. The third kappa shape index (κ3) is 4.88. The van der Waals surface area contributed by atoms with Crippen LogP contribution in [0, 0.1) is 0 Å². The molecule has 0 aliphatic carbocycles. The molecule has 0 aliphatic heterocycles. The zero-order chi connectivity index (χ0) is 35.6. The first-order valence-corrected chi connectivity index (χ1v) is 18.4. The van der Waals surface area contributed by atoms with Crippen LogP contribution in [-0.4, -0.2) is 33.3 Å². The summed E-state index contributed by atoms with van der Waals surface area (Å²) in [5.74, 6) is 1.82. The molecule has 0 N–H and O–H groups in total. The number of rotatable bonds is 5. The van der Waals surface area contributed by atoms with E-state index in [0.717, 1.165) is 77.4 Å². The Morgan fingerprint density at radius 1 is 0.389 bits per heavy atom. The molecule has 7 aromatic carbocycles. The molecule has 8 heteroatoms. The average Bonchev–Trinajstić information content (AvgIpc) is 3.87. The molecule has 11 aromatic rings. The van der Waals surface area contributed by atoms with Gasteiger partial charge in [-0.25, -0.2) is 19.9 Å². The van der Waals surface area contributed by atoms with E-state index in [1.807, 2.05) is 48.5 Å². The van der Waals surface area contributed by atoms with E-state index in [-0.39, 0.29) is 0 Å². The van der Waals surface area contributed by atoms with E-state index >= 15 is 0 Å². The summed E-state index contributed by atoms with van der Waals surface area (Å²) in [5.41, 5.74) is 10.7. The summed E-state index contributed by atoms with van der Waals surface area (Å²) in [6.45, 7) is 0. The number of hydrogen-bond acceptors (Lipinski definition) is 7. The molecule has 0 bridgehead atoms. The number of benzene rings is 7. The second-order valence-electron chi connectivity index (χ2n) is 13.3. The summed E-state index contributed by atoms with van der Waals surface area (Å²) in [7, 11) is 0. The van der Waals surface area contributed by atoms with Crippen molar-refractivity contribution >= 4 is 66.2 Å². The van der Waals surface area contributed by atoms with Crippen molar-refractivity contribution in [2.24, 2.45) is 0 Å². The van der Waals surface area contributed by atoms with Gasteiger partial charge in [0, 0.05) is 54.9 Å². The maximum absolute atomic E-state index is 5.15. The van der Waals surface area contributed by atoms with Gasteiger partial charge in [-0.2, -0.15) is 8.75 Å². The first kappa shape index (κ1) is 30.5. The van der Waals surface area contributed by atoms with E-state index in [2.05, 4.69) is 129 Å². The topological polar surface area (TPSA) is 82.3 Å². The standard InChI is InChI=1S/C46H27N7S/c1-2-11-29(12-3-1)44-48-45(50-46(49-44)31-13-10-14-32(27-31)53-39-19-8-5-15-33(39)34-16-6-9-20-40(34)53)30-23-21-28(22-24-30)42-36-25-26-38-43(52-54-51-38)41(36)35-17-4-7-18-37(35)47-42/h1-27H. The summed E-state index contributed by atoms with van der Waals surface area (Å²) >= 11 is 1.24. The van der Waals surface area contributed by atoms with Crippen molar-refractivity contribution < 1.29 is 0 Å². The normalized spacial score (nSPS) is 11.7. The summed E-state index contributed by atoms with van der Waals surface area (Å²) in [5, 5.41) is 5.62. The quantitative estimate of drug-likeness (QED) is 0.165. The molecule has 0 saturated carbocycles. The molecule has 54 heavy (non-hydrogen) atoms. The predicted octanol–water partition coefficient (Wildman–Crippen LogP) is 11.3. The highest BCUT2D eigenvalue weighted by Gasteiger charge is 2.18. The van der Waals surface area contributed by atoms with E-state index in [1.165, 1.54) is 22.5 Å². The van der Waals surface area contributed by atoms with Crippen LogP contribution >= 0.6 is 11.7 Å². The third-order valence-electron chi connectivity index (χ3n) is 10.1. The first-order chi connectivity index (χ1) is 26.8. The lowest BCUT2D eigenvalue weighted by Gasteiger charge is -2.12. The molecule has 0 spiro atoms. The number of para-hydroxylation sites is 3. The van der Waals surface area contributed by atoms with Gasteiger partial charge in [-0.15, -0.1) is 0 Å². The maximum Gasteiger partial charge on any atom is 0.164 e. The van der Waals surface area contributed by atoms with Crippen LogP contribution in [0.25, 0.3) is 106 Å². The van der Waals surface area contributed by atoms with E-state index in [9.17, 15) is 0 Å². The Morgan fingerprint density at radius 3 is 1.72 bits per heavy atom. The smallest absolute Gasteiger partial charge is 0.164 e. The maximum atomic E-state index is 5.15. The largest absolute Gasteiger partial charge is 0.309 e. The molecule has 0 saturated heterocycles. The van der Waals surface area contributed by atoms with Crippen molar-refractivity contribution in [3.05, 3.63) is 164 Å². The van der Waals surface area contributed by atoms with E-state index in [0.29, 0.717) is 17.5 Å². The lowest BCUT2D eigenvalue weighted by molar-refractivity contribution is 1.07. The Kier molecular flexibility index (Phi) is 6.90. The van der Waals surface area contributed by atoms with Crippen LogP contribution in [0.5, 0.6) is 0 Å². The molecular weight excluding hydrogens is 683 g/mol. The van der Waals surface area contributed by atoms with Gasteiger partial charge in [0.15, 0.2) is 17.5 Å². The van der Waals surface area contributed by atoms with Gasteiger partial charge in [0.2, 0.25) is 0 Å². The van der Waals surface area contributed by atoms with Crippen molar-refractivity contribution in [3.63, 3.8) is 0 Å². The van der Waals surface area contributed by atoms with Crippen molar-refractivity contribution in [3.8, 4) is 51.1 Å². The van der Waals surface area contributed by atoms with Gasteiger partial charge >= 0.3 is 0 Å². The summed E-state index contributed by atoms with van der Waals surface area (Å²) in [4.78, 5) is 20.3. The van der Waals surface area contributed by atoms with Crippen molar-refractivity contribution in [2.75, 3.05) is 0 Å². The fraction of sp³-hybridized carbons (Fsp3) is 0. The SMILES string of the molecule is c1ccc(-c2nc(-c3ccc(-c4nc5ccccc5c5c4ccc4nsnc45)cc3)nc(-c3cccc(-n4c5ccccc5c5ccccc54)c3)n2)cc1. The van der Waals surface area contributed by atoms with Crippen LogP contribution in [0.4, 0.5) is 0 Å². The minimum absolute atomic E-state index is 0.597. The fourth-order valence-electron chi connectivity index (χ4n) is 7.62. The van der Waals surface area contributed by atoms with Gasteiger partial charge in [0.1, 0.15) is 11.0 Å². The Bertz CT molecular complexity index is 3170. The van der Waals surface area contributed by atoms with E-state index in [4.69, 9.17) is 19.9 Å². The first-order valence-electron chi connectivity index (χ1n) is 17.7. The molecule has 0 radical (unpaired) electrons. The van der Waals surface area contributed by atoms with Crippen LogP contribution in [0.15, 0.2) is 164 Å². The van der Waals surface area contributed by atoms with Crippen molar-refractivity contribution in [1.29, 1.82) is 0 Å². The second kappa shape index (κ2) is 12.2. The lowest BCUT2D eigenvalue weighted by Crippen LogP contribution is -2.01. The Morgan fingerprint density at radius 2 is 0.981 bits per heavy atom. The molecule has 0 unspecified atom stereocenters.